The molecular formula is C14H10BrFN2O. The molecule has 0 aliphatic rings. The topological polar surface area (TPSA) is 37.9 Å². The van der Waals surface area contributed by atoms with E-state index < -0.39 is 0 Å². The van der Waals surface area contributed by atoms with Crippen LogP contribution in [0.4, 0.5) is 4.39 Å². The fourth-order valence-electron chi connectivity index (χ4n) is 1.95. The van der Waals surface area contributed by atoms with E-state index in [2.05, 4.69) is 25.9 Å². The summed E-state index contributed by atoms with van der Waals surface area (Å²) in [4.78, 5) is 7.53. The summed E-state index contributed by atoms with van der Waals surface area (Å²) in [7, 11) is 1.60. The van der Waals surface area contributed by atoms with Gasteiger partial charge < -0.3 is 9.72 Å². The van der Waals surface area contributed by atoms with Gasteiger partial charge in [0.2, 0.25) is 0 Å². The molecule has 0 fully saturated rings. The van der Waals surface area contributed by atoms with Gasteiger partial charge in [0, 0.05) is 10.5 Å². The highest BCUT2D eigenvalue weighted by Gasteiger charge is 2.12. The summed E-state index contributed by atoms with van der Waals surface area (Å²) >= 11 is 3.44. The summed E-state index contributed by atoms with van der Waals surface area (Å²) in [6.45, 7) is 0. The molecule has 0 radical (unpaired) electrons. The predicted octanol–water partition coefficient (Wildman–Crippen LogP) is 4.14. The van der Waals surface area contributed by atoms with Crippen molar-refractivity contribution >= 4 is 27.0 Å². The highest BCUT2D eigenvalue weighted by atomic mass is 79.9. The number of ether oxygens (including phenoxy) is 1. The van der Waals surface area contributed by atoms with Crippen LogP contribution in [0.1, 0.15) is 0 Å². The first-order valence-electron chi connectivity index (χ1n) is 5.67. The molecule has 0 bridgehead atoms. The van der Waals surface area contributed by atoms with Gasteiger partial charge >= 0.3 is 0 Å². The number of hydrogen-bond donors (Lipinski definition) is 1. The van der Waals surface area contributed by atoms with Crippen LogP contribution in [0, 0.1) is 5.82 Å². The second-order valence-corrected chi connectivity index (χ2v) is 4.92. The van der Waals surface area contributed by atoms with E-state index in [9.17, 15) is 4.39 Å². The predicted molar refractivity (Wildman–Crippen MR) is 75.7 cm³/mol. The molecule has 3 nitrogen and oxygen atoms in total. The molecule has 96 valence electrons. The van der Waals surface area contributed by atoms with Crippen molar-refractivity contribution in [2.75, 3.05) is 7.11 Å². The first-order valence-corrected chi connectivity index (χ1v) is 6.46. The molecule has 3 aromatic rings. The molecule has 0 aliphatic heterocycles. The second kappa shape index (κ2) is 4.66. The Kier molecular flexibility index (Phi) is 2.98. The van der Waals surface area contributed by atoms with Gasteiger partial charge in [0.25, 0.3) is 0 Å². The molecule has 0 spiro atoms. The van der Waals surface area contributed by atoms with E-state index in [4.69, 9.17) is 4.74 Å². The van der Waals surface area contributed by atoms with Gasteiger partial charge in [0.15, 0.2) is 0 Å². The SMILES string of the molecule is COc1cc(Br)c2nc(-c3ccccc3F)[nH]c2c1. The van der Waals surface area contributed by atoms with Crippen LogP contribution in [0.3, 0.4) is 0 Å². The van der Waals surface area contributed by atoms with Gasteiger partial charge in [-0.15, -0.1) is 0 Å². The van der Waals surface area contributed by atoms with Crippen molar-refractivity contribution in [2.24, 2.45) is 0 Å². The molecule has 19 heavy (non-hydrogen) atoms. The Labute approximate surface area is 117 Å². The third-order valence-corrected chi connectivity index (χ3v) is 3.48. The van der Waals surface area contributed by atoms with E-state index in [1.807, 2.05) is 12.1 Å². The highest BCUT2D eigenvalue weighted by Crippen LogP contribution is 2.30. The van der Waals surface area contributed by atoms with Crippen molar-refractivity contribution in [3.05, 3.63) is 46.7 Å². The highest BCUT2D eigenvalue weighted by molar-refractivity contribution is 9.10. The lowest BCUT2D eigenvalue weighted by molar-refractivity contribution is 0.415. The van der Waals surface area contributed by atoms with Crippen LogP contribution >= 0.6 is 15.9 Å². The first kappa shape index (κ1) is 12.2. The molecular weight excluding hydrogens is 311 g/mol. The number of aromatic amines is 1. The molecule has 1 aromatic heterocycles. The quantitative estimate of drug-likeness (QED) is 0.770. The van der Waals surface area contributed by atoms with Crippen molar-refractivity contribution in [1.82, 2.24) is 9.97 Å². The molecule has 0 saturated heterocycles. The summed E-state index contributed by atoms with van der Waals surface area (Å²) in [6.07, 6.45) is 0. The summed E-state index contributed by atoms with van der Waals surface area (Å²) in [5.41, 5.74) is 1.99. The standard InChI is InChI=1S/C14H10BrFN2O/c1-19-8-6-10(15)13-12(7-8)17-14(18-13)9-4-2-3-5-11(9)16/h2-7H,1H3,(H,17,18). The van der Waals surface area contributed by atoms with Crippen LogP contribution in [0.2, 0.25) is 0 Å². The first-order chi connectivity index (χ1) is 9.19. The molecule has 1 heterocycles. The third-order valence-electron chi connectivity index (χ3n) is 2.88. The van der Waals surface area contributed by atoms with E-state index >= 15 is 0 Å². The summed E-state index contributed by atoms with van der Waals surface area (Å²) in [6, 6.07) is 10.2. The van der Waals surface area contributed by atoms with Crippen LogP contribution in [0.5, 0.6) is 5.75 Å². The number of fused-ring (bicyclic) bond motifs is 1. The number of benzene rings is 2. The summed E-state index contributed by atoms with van der Waals surface area (Å²) in [5.74, 6) is 0.912. The lowest BCUT2D eigenvalue weighted by Crippen LogP contribution is -1.84. The van der Waals surface area contributed by atoms with Crippen molar-refractivity contribution in [1.29, 1.82) is 0 Å². The van der Waals surface area contributed by atoms with E-state index in [1.54, 1.807) is 25.3 Å². The lowest BCUT2D eigenvalue weighted by Gasteiger charge is -1.99. The maximum Gasteiger partial charge on any atom is 0.141 e. The van der Waals surface area contributed by atoms with Crippen molar-refractivity contribution in [3.8, 4) is 17.1 Å². The Morgan fingerprint density at radius 3 is 2.79 bits per heavy atom. The van der Waals surface area contributed by atoms with Crippen molar-refractivity contribution in [2.45, 2.75) is 0 Å². The number of nitrogens with one attached hydrogen (secondary N) is 1. The number of imidazole rings is 1. The van der Waals surface area contributed by atoms with Crippen molar-refractivity contribution in [3.63, 3.8) is 0 Å². The largest absolute Gasteiger partial charge is 0.497 e. The monoisotopic (exact) mass is 320 g/mol. The average Bonchev–Trinajstić information content (AvgIpc) is 2.83. The maximum atomic E-state index is 13.8. The summed E-state index contributed by atoms with van der Waals surface area (Å²) < 4.78 is 19.7. The Balaban J connectivity index is 2.22. The Bertz CT molecular complexity index is 754. The number of methoxy groups -OCH3 is 1. The van der Waals surface area contributed by atoms with Gasteiger partial charge in [-0.2, -0.15) is 0 Å². The molecule has 2 aromatic carbocycles. The Morgan fingerprint density at radius 2 is 2.05 bits per heavy atom. The zero-order chi connectivity index (χ0) is 13.4. The maximum absolute atomic E-state index is 13.8. The van der Waals surface area contributed by atoms with Gasteiger partial charge in [-0.05, 0) is 34.1 Å². The number of H-pyrrole nitrogens is 1. The van der Waals surface area contributed by atoms with Gasteiger partial charge in [-0.3, -0.25) is 0 Å². The summed E-state index contributed by atoms with van der Waals surface area (Å²) in [5, 5.41) is 0. The van der Waals surface area contributed by atoms with Gasteiger partial charge in [0.1, 0.15) is 22.9 Å². The number of halogens is 2. The van der Waals surface area contributed by atoms with E-state index in [1.165, 1.54) is 6.07 Å². The number of hydrogen-bond acceptors (Lipinski definition) is 2. The van der Waals surface area contributed by atoms with Gasteiger partial charge in [-0.25, -0.2) is 9.37 Å². The molecule has 3 rings (SSSR count). The molecule has 0 atom stereocenters. The normalized spacial score (nSPS) is 10.9. The average molecular weight is 321 g/mol. The van der Waals surface area contributed by atoms with E-state index in [0.29, 0.717) is 17.1 Å². The van der Waals surface area contributed by atoms with Crippen LogP contribution in [-0.2, 0) is 0 Å². The minimum atomic E-state index is -0.301. The van der Waals surface area contributed by atoms with E-state index in [0.717, 1.165) is 15.5 Å². The fourth-order valence-corrected chi connectivity index (χ4v) is 2.48. The van der Waals surface area contributed by atoms with Crippen LogP contribution in [0.15, 0.2) is 40.9 Å². The van der Waals surface area contributed by atoms with Crippen LogP contribution in [0.25, 0.3) is 22.4 Å². The molecule has 0 unspecified atom stereocenters. The van der Waals surface area contributed by atoms with Gasteiger partial charge in [-0.1, -0.05) is 12.1 Å². The van der Waals surface area contributed by atoms with E-state index in [-0.39, 0.29) is 5.82 Å². The molecule has 1 N–H and O–H groups in total. The third kappa shape index (κ3) is 2.10. The van der Waals surface area contributed by atoms with Crippen molar-refractivity contribution < 1.29 is 9.13 Å². The van der Waals surface area contributed by atoms with Crippen LogP contribution < -0.4 is 4.74 Å². The lowest BCUT2D eigenvalue weighted by atomic mass is 10.2. The Hall–Kier alpha value is -1.88. The van der Waals surface area contributed by atoms with Crippen LogP contribution in [-0.4, -0.2) is 17.1 Å². The minimum Gasteiger partial charge on any atom is -0.497 e. The number of nitrogens with zero attached hydrogens (tertiary/aromatic N) is 1. The molecule has 0 saturated carbocycles. The molecule has 0 amide bonds. The zero-order valence-electron chi connectivity index (χ0n) is 10.1. The number of rotatable bonds is 2. The fraction of sp³-hybridized carbons (Fsp3) is 0.0714. The van der Waals surface area contributed by atoms with Gasteiger partial charge in [0.05, 0.1) is 18.2 Å². The second-order valence-electron chi connectivity index (χ2n) is 4.07. The smallest absolute Gasteiger partial charge is 0.141 e. The molecule has 5 heteroatoms. The number of aromatic nitrogens is 2. The zero-order valence-corrected chi connectivity index (χ0v) is 11.7. The minimum absolute atomic E-state index is 0.301. The Morgan fingerprint density at radius 1 is 1.26 bits per heavy atom. The molecule has 0 aliphatic carbocycles.